The summed E-state index contributed by atoms with van der Waals surface area (Å²) >= 11 is 0. The topological polar surface area (TPSA) is 45.8 Å². The van der Waals surface area contributed by atoms with E-state index in [-0.39, 0.29) is 6.61 Å². The molecule has 0 amide bonds. The Labute approximate surface area is 123 Å². The quantitative estimate of drug-likeness (QED) is 0.941. The van der Waals surface area contributed by atoms with Crippen molar-refractivity contribution in [1.29, 1.82) is 0 Å². The molecule has 1 aromatic heterocycles. The number of ether oxygens (including phenoxy) is 1. The van der Waals surface area contributed by atoms with Crippen molar-refractivity contribution < 1.29 is 14.3 Å². The molecule has 1 N–H and O–H groups in total. The molecule has 0 saturated carbocycles. The van der Waals surface area contributed by atoms with E-state index in [0.717, 1.165) is 40.9 Å². The lowest BCUT2D eigenvalue weighted by atomic mass is 9.84. The standard InChI is InChI=1S/C17H19NO3/c1-20-15-7-11(9-19)6-13-10-21-17(16(13)15)14-8-18-4-2-12(14)3-5-18/h6-8,10,12,19H,2-5,9H2,1H3. The average Bonchev–Trinajstić information content (AvgIpc) is 2.98. The predicted octanol–water partition coefficient (Wildman–Crippen LogP) is 3.00. The molecule has 4 heteroatoms. The molecule has 4 nitrogen and oxygen atoms in total. The average molecular weight is 285 g/mol. The third-order valence-corrected chi connectivity index (χ3v) is 4.68. The minimum atomic E-state index is 0.00587. The summed E-state index contributed by atoms with van der Waals surface area (Å²) in [5.74, 6) is 2.30. The largest absolute Gasteiger partial charge is 0.496 e. The molecule has 2 aromatic rings. The van der Waals surface area contributed by atoms with Gasteiger partial charge in [-0.2, -0.15) is 0 Å². The number of fused-ring (bicyclic) bond motifs is 3. The second kappa shape index (κ2) is 4.81. The van der Waals surface area contributed by atoms with E-state index in [2.05, 4.69) is 11.1 Å². The lowest BCUT2D eigenvalue weighted by Gasteiger charge is -2.38. The summed E-state index contributed by atoms with van der Waals surface area (Å²) in [5, 5.41) is 11.4. The van der Waals surface area contributed by atoms with Crippen LogP contribution in [-0.2, 0) is 6.61 Å². The van der Waals surface area contributed by atoms with Gasteiger partial charge in [0.15, 0.2) is 0 Å². The third kappa shape index (κ3) is 1.94. The van der Waals surface area contributed by atoms with Crippen LogP contribution in [0.4, 0.5) is 0 Å². The Morgan fingerprint density at radius 1 is 1.33 bits per heavy atom. The van der Waals surface area contributed by atoms with Gasteiger partial charge in [0.2, 0.25) is 0 Å². The van der Waals surface area contributed by atoms with E-state index >= 15 is 0 Å². The zero-order valence-electron chi connectivity index (χ0n) is 12.1. The molecule has 1 fully saturated rings. The van der Waals surface area contributed by atoms with Gasteiger partial charge in [0.05, 0.1) is 25.4 Å². The van der Waals surface area contributed by atoms with E-state index < -0.39 is 0 Å². The number of rotatable bonds is 3. The first kappa shape index (κ1) is 12.8. The van der Waals surface area contributed by atoms with Crippen molar-refractivity contribution in [3.8, 4) is 5.75 Å². The fraction of sp³-hybridized carbons (Fsp3) is 0.412. The molecular weight excluding hydrogens is 266 g/mol. The normalized spacial score (nSPS) is 18.4. The molecular formula is C17H19NO3. The van der Waals surface area contributed by atoms with E-state index in [1.807, 2.05) is 12.1 Å². The highest BCUT2D eigenvalue weighted by Crippen LogP contribution is 2.43. The van der Waals surface area contributed by atoms with Gasteiger partial charge in [0.1, 0.15) is 11.5 Å². The van der Waals surface area contributed by atoms with Crippen molar-refractivity contribution in [2.45, 2.75) is 19.4 Å². The Kier molecular flexibility index (Phi) is 2.93. The van der Waals surface area contributed by atoms with Crippen molar-refractivity contribution >= 4 is 16.3 Å². The highest BCUT2D eigenvalue weighted by Gasteiger charge is 2.31. The molecule has 1 aromatic carbocycles. The molecule has 2 bridgehead atoms. The number of hydrogen-bond donors (Lipinski definition) is 1. The van der Waals surface area contributed by atoms with Crippen LogP contribution in [0.25, 0.3) is 16.3 Å². The maximum absolute atomic E-state index is 9.35. The Bertz CT molecular complexity index is 708. The number of aliphatic hydroxyl groups excluding tert-OH is 1. The number of nitrogens with zero attached hydrogens (tertiary/aromatic N) is 1. The first-order valence-corrected chi connectivity index (χ1v) is 7.45. The van der Waals surface area contributed by atoms with Crippen molar-refractivity contribution in [3.05, 3.63) is 35.9 Å². The van der Waals surface area contributed by atoms with Crippen LogP contribution >= 0.6 is 0 Å². The Morgan fingerprint density at radius 3 is 2.76 bits per heavy atom. The Morgan fingerprint density at radius 2 is 2.14 bits per heavy atom. The Balaban J connectivity index is 1.90. The van der Waals surface area contributed by atoms with Crippen LogP contribution in [0.3, 0.4) is 0 Å². The molecule has 0 radical (unpaired) electrons. The molecule has 0 aliphatic carbocycles. The summed E-state index contributed by atoms with van der Waals surface area (Å²) < 4.78 is 11.4. The van der Waals surface area contributed by atoms with Gasteiger partial charge in [-0.3, -0.25) is 0 Å². The number of piperidine rings is 1. The predicted molar refractivity (Wildman–Crippen MR) is 81.0 cm³/mol. The Hall–Kier alpha value is -1.94. The van der Waals surface area contributed by atoms with Crippen LogP contribution in [0.5, 0.6) is 5.75 Å². The van der Waals surface area contributed by atoms with E-state index in [9.17, 15) is 5.11 Å². The van der Waals surface area contributed by atoms with E-state index in [1.165, 1.54) is 18.4 Å². The van der Waals surface area contributed by atoms with Crippen LogP contribution in [-0.4, -0.2) is 30.2 Å². The molecule has 3 aliphatic rings. The summed E-state index contributed by atoms with van der Waals surface area (Å²) in [5.41, 5.74) is 2.13. The highest BCUT2D eigenvalue weighted by molar-refractivity contribution is 5.97. The lowest BCUT2D eigenvalue weighted by Crippen LogP contribution is -2.35. The molecule has 5 rings (SSSR count). The van der Waals surface area contributed by atoms with E-state index in [4.69, 9.17) is 9.15 Å². The van der Waals surface area contributed by atoms with Crippen LogP contribution < -0.4 is 4.74 Å². The number of allylic oxidation sites excluding steroid dienone is 1. The number of hydrogen-bond acceptors (Lipinski definition) is 4. The van der Waals surface area contributed by atoms with Gasteiger partial charge in [-0.05, 0) is 36.5 Å². The van der Waals surface area contributed by atoms with Crippen molar-refractivity contribution in [2.75, 3.05) is 20.2 Å². The summed E-state index contributed by atoms with van der Waals surface area (Å²) in [6, 6.07) is 3.86. The molecule has 0 spiro atoms. The number of aliphatic hydroxyl groups is 1. The van der Waals surface area contributed by atoms with Crippen LogP contribution in [0.15, 0.2) is 29.0 Å². The smallest absolute Gasteiger partial charge is 0.143 e. The van der Waals surface area contributed by atoms with Gasteiger partial charge in [0.25, 0.3) is 0 Å². The molecule has 21 heavy (non-hydrogen) atoms. The molecule has 110 valence electrons. The molecule has 0 unspecified atom stereocenters. The number of furan rings is 1. The molecule has 0 atom stereocenters. The maximum Gasteiger partial charge on any atom is 0.143 e. The van der Waals surface area contributed by atoms with Crippen LogP contribution in [0, 0.1) is 5.92 Å². The van der Waals surface area contributed by atoms with Crippen molar-refractivity contribution in [2.24, 2.45) is 5.92 Å². The first-order valence-electron chi connectivity index (χ1n) is 7.45. The molecule has 1 saturated heterocycles. The van der Waals surface area contributed by atoms with Gasteiger partial charge >= 0.3 is 0 Å². The second-order valence-electron chi connectivity index (χ2n) is 5.88. The SMILES string of the molecule is COc1cc(CO)cc2coc(C3=CN4CCC3CC4)c12. The summed E-state index contributed by atoms with van der Waals surface area (Å²) in [6.07, 6.45) is 6.41. The number of benzene rings is 1. The zero-order valence-corrected chi connectivity index (χ0v) is 12.1. The van der Waals surface area contributed by atoms with Gasteiger partial charge in [0, 0.05) is 30.2 Å². The summed E-state index contributed by atoms with van der Waals surface area (Å²) in [7, 11) is 1.66. The third-order valence-electron chi connectivity index (χ3n) is 4.68. The minimum Gasteiger partial charge on any atom is -0.496 e. The van der Waals surface area contributed by atoms with Crippen molar-refractivity contribution in [3.63, 3.8) is 0 Å². The van der Waals surface area contributed by atoms with Crippen LogP contribution in [0.2, 0.25) is 0 Å². The van der Waals surface area contributed by atoms with Gasteiger partial charge in [-0.15, -0.1) is 0 Å². The van der Waals surface area contributed by atoms with Gasteiger partial charge < -0.3 is 19.2 Å². The van der Waals surface area contributed by atoms with Crippen LogP contribution in [0.1, 0.15) is 24.2 Å². The van der Waals surface area contributed by atoms with Crippen molar-refractivity contribution in [1.82, 2.24) is 4.90 Å². The monoisotopic (exact) mass is 285 g/mol. The zero-order chi connectivity index (χ0) is 14.4. The summed E-state index contributed by atoms with van der Waals surface area (Å²) in [6.45, 7) is 2.31. The first-order chi connectivity index (χ1) is 10.3. The van der Waals surface area contributed by atoms with Gasteiger partial charge in [-0.1, -0.05) is 0 Å². The van der Waals surface area contributed by atoms with E-state index in [0.29, 0.717) is 5.92 Å². The van der Waals surface area contributed by atoms with E-state index in [1.54, 1.807) is 13.4 Å². The minimum absolute atomic E-state index is 0.00587. The molecule has 3 aliphatic heterocycles. The fourth-order valence-corrected chi connectivity index (χ4v) is 3.56. The lowest BCUT2D eigenvalue weighted by molar-refractivity contribution is 0.250. The maximum atomic E-state index is 9.35. The van der Waals surface area contributed by atoms with Gasteiger partial charge in [-0.25, -0.2) is 0 Å². The number of methoxy groups -OCH3 is 1. The highest BCUT2D eigenvalue weighted by atomic mass is 16.5. The second-order valence-corrected chi connectivity index (χ2v) is 5.88. The summed E-state index contributed by atoms with van der Waals surface area (Å²) in [4.78, 5) is 2.37. The fourth-order valence-electron chi connectivity index (χ4n) is 3.56. The molecule has 4 heterocycles.